The molecule has 0 saturated heterocycles. The fourth-order valence-electron chi connectivity index (χ4n) is 2.76. The third-order valence-corrected chi connectivity index (χ3v) is 5.11. The van der Waals surface area contributed by atoms with Gasteiger partial charge in [0.05, 0.1) is 27.8 Å². The Morgan fingerprint density at radius 2 is 2.09 bits per heavy atom. The van der Waals surface area contributed by atoms with Crippen LogP contribution in [0.5, 0.6) is 11.5 Å². The van der Waals surface area contributed by atoms with E-state index in [2.05, 4.69) is 31.4 Å². The Balaban J connectivity index is 1.74. The number of benzene rings is 2. The highest BCUT2D eigenvalue weighted by molar-refractivity contribution is 9.10. The number of hydrogen-bond acceptors (Lipinski definition) is 7. The minimum Gasteiger partial charge on any atom is -0.490 e. The summed E-state index contributed by atoms with van der Waals surface area (Å²) >= 11 is 9.37. The summed E-state index contributed by atoms with van der Waals surface area (Å²) in [5.74, 6) is 0.387. The first-order valence-corrected chi connectivity index (χ1v) is 10.8. The van der Waals surface area contributed by atoms with Gasteiger partial charge in [0.1, 0.15) is 11.8 Å². The van der Waals surface area contributed by atoms with Crippen molar-refractivity contribution < 1.29 is 19.2 Å². The maximum absolute atomic E-state index is 12.2. The van der Waals surface area contributed by atoms with Gasteiger partial charge in [-0.3, -0.25) is 14.9 Å². The highest BCUT2D eigenvalue weighted by Crippen LogP contribution is 2.37. The molecule has 33 heavy (non-hydrogen) atoms. The van der Waals surface area contributed by atoms with Gasteiger partial charge in [-0.15, -0.1) is 0 Å². The molecule has 0 atom stereocenters. The lowest BCUT2D eigenvalue weighted by atomic mass is 10.2. The Kier molecular flexibility index (Phi) is 8.34. The van der Waals surface area contributed by atoms with E-state index in [-0.39, 0.29) is 23.0 Å². The number of nitro benzene ring substituents is 1. The van der Waals surface area contributed by atoms with Crippen LogP contribution in [0.25, 0.3) is 0 Å². The fraction of sp³-hybridized carbons (Fsp3) is 0.136. The number of hydrazone groups is 1. The second kappa shape index (κ2) is 11.4. The van der Waals surface area contributed by atoms with E-state index >= 15 is 0 Å². The molecule has 3 aromatic rings. The molecule has 0 fully saturated rings. The Bertz CT molecular complexity index is 1210. The van der Waals surface area contributed by atoms with Crippen molar-refractivity contribution in [3.8, 4) is 11.5 Å². The van der Waals surface area contributed by atoms with Gasteiger partial charge in [-0.2, -0.15) is 5.10 Å². The molecule has 0 unspecified atom stereocenters. The third-order valence-electron chi connectivity index (χ3n) is 4.22. The lowest BCUT2D eigenvalue weighted by molar-refractivity contribution is -0.384. The van der Waals surface area contributed by atoms with Crippen LogP contribution in [-0.4, -0.2) is 28.6 Å². The Morgan fingerprint density at radius 3 is 2.82 bits per heavy atom. The quantitative estimate of drug-likeness (QED) is 0.176. The average molecular weight is 534 g/mol. The van der Waals surface area contributed by atoms with E-state index in [1.54, 1.807) is 30.3 Å². The SMILES string of the molecule is CCOc1cc(C=NNC(=O)c2cccnc2Cl)cc(Br)c1OCc1cccc([N+](=O)[O-])c1. The topological polar surface area (TPSA) is 116 Å². The van der Waals surface area contributed by atoms with E-state index in [4.69, 9.17) is 21.1 Å². The summed E-state index contributed by atoms with van der Waals surface area (Å²) in [5, 5.41) is 15.0. The van der Waals surface area contributed by atoms with Gasteiger partial charge in [0.2, 0.25) is 0 Å². The fourth-order valence-corrected chi connectivity index (χ4v) is 3.54. The van der Waals surface area contributed by atoms with Crippen LogP contribution in [0.2, 0.25) is 5.15 Å². The molecule has 0 spiro atoms. The predicted molar refractivity (Wildman–Crippen MR) is 127 cm³/mol. The van der Waals surface area contributed by atoms with Gasteiger partial charge in [0.15, 0.2) is 11.5 Å². The molecule has 0 bridgehead atoms. The zero-order valence-electron chi connectivity index (χ0n) is 17.3. The number of pyridine rings is 1. The molecule has 0 aliphatic heterocycles. The van der Waals surface area contributed by atoms with Crippen molar-refractivity contribution in [3.05, 3.63) is 91.2 Å². The van der Waals surface area contributed by atoms with Gasteiger partial charge in [0, 0.05) is 18.3 Å². The minimum atomic E-state index is -0.495. The van der Waals surface area contributed by atoms with Crippen LogP contribution in [0.4, 0.5) is 5.69 Å². The molecule has 1 heterocycles. The molecule has 1 N–H and O–H groups in total. The number of carbonyl (C=O) groups excluding carboxylic acids is 1. The first-order chi connectivity index (χ1) is 15.9. The smallest absolute Gasteiger partial charge is 0.274 e. The van der Waals surface area contributed by atoms with E-state index < -0.39 is 10.8 Å². The van der Waals surface area contributed by atoms with E-state index in [1.807, 2.05) is 6.92 Å². The normalized spacial score (nSPS) is 10.8. The Labute approximate surface area is 202 Å². The van der Waals surface area contributed by atoms with Gasteiger partial charge in [-0.25, -0.2) is 10.4 Å². The van der Waals surface area contributed by atoms with Crippen LogP contribution >= 0.6 is 27.5 Å². The second-order valence-corrected chi connectivity index (χ2v) is 7.73. The first-order valence-electron chi connectivity index (χ1n) is 9.65. The third kappa shape index (κ3) is 6.50. The number of ether oxygens (including phenoxy) is 2. The molecule has 0 aliphatic rings. The monoisotopic (exact) mass is 532 g/mol. The molecular formula is C22H18BrClN4O5. The molecule has 11 heteroatoms. The summed E-state index contributed by atoms with van der Waals surface area (Å²) in [7, 11) is 0. The standard InChI is InChI=1S/C22H18BrClN4O5/c1-2-32-19-11-15(12-26-27-22(29)17-7-4-8-25-21(17)24)10-18(23)20(19)33-13-14-5-3-6-16(9-14)28(30)31/h3-12H,2,13H2,1H3,(H,27,29). The lowest BCUT2D eigenvalue weighted by Gasteiger charge is -2.14. The van der Waals surface area contributed by atoms with E-state index in [0.717, 1.165) is 0 Å². The van der Waals surface area contributed by atoms with E-state index in [1.165, 1.54) is 30.6 Å². The number of halogens is 2. The number of carbonyl (C=O) groups is 1. The molecule has 2 aromatic carbocycles. The van der Waals surface area contributed by atoms with Gasteiger partial charge >= 0.3 is 0 Å². The highest BCUT2D eigenvalue weighted by Gasteiger charge is 2.14. The number of hydrogen-bond donors (Lipinski definition) is 1. The van der Waals surface area contributed by atoms with Crippen molar-refractivity contribution in [2.75, 3.05) is 6.61 Å². The highest BCUT2D eigenvalue weighted by atomic mass is 79.9. The Morgan fingerprint density at radius 1 is 1.27 bits per heavy atom. The summed E-state index contributed by atoms with van der Waals surface area (Å²) in [5.41, 5.74) is 3.86. The van der Waals surface area contributed by atoms with Gasteiger partial charge in [-0.1, -0.05) is 23.7 Å². The molecular weight excluding hydrogens is 516 g/mol. The number of nitro groups is 1. The van der Waals surface area contributed by atoms with Crippen LogP contribution in [-0.2, 0) is 6.61 Å². The van der Waals surface area contributed by atoms with Gasteiger partial charge in [0.25, 0.3) is 11.6 Å². The van der Waals surface area contributed by atoms with Gasteiger partial charge < -0.3 is 9.47 Å². The first kappa shape index (κ1) is 24.1. The molecule has 0 saturated carbocycles. The number of rotatable bonds is 9. The molecule has 0 radical (unpaired) electrons. The molecule has 0 aliphatic carbocycles. The summed E-state index contributed by atoms with van der Waals surface area (Å²) in [6.07, 6.45) is 2.93. The molecule has 1 aromatic heterocycles. The van der Waals surface area contributed by atoms with Crippen molar-refractivity contribution in [2.24, 2.45) is 5.10 Å². The predicted octanol–water partition coefficient (Wildman–Crippen LogP) is 5.15. The van der Waals surface area contributed by atoms with Crippen LogP contribution in [0.3, 0.4) is 0 Å². The number of amides is 1. The zero-order valence-corrected chi connectivity index (χ0v) is 19.7. The summed E-state index contributed by atoms with van der Waals surface area (Å²) in [6.45, 7) is 2.32. The van der Waals surface area contributed by atoms with Crippen molar-refractivity contribution in [2.45, 2.75) is 13.5 Å². The Hall–Kier alpha value is -3.50. The number of nitrogens with one attached hydrogen (secondary N) is 1. The lowest BCUT2D eigenvalue weighted by Crippen LogP contribution is -2.18. The molecule has 3 rings (SSSR count). The summed E-state index contributed by atoms with van der Waals surface area (Å²) in [4.78, 5) is 26.6. The van der Waals surface area contributed by atoms with Crippen molar-refractivity contribution in [1.82, 2.24) is 10.4 Å². The van der Waals surface area contributed by atoms with Crippen molar-refractivity contribution >= 4 is 45.3 Å². The van der Waals surface area contributed by atoms with Crippen LogP contribution in [0.15, 0.2) is 64.3 Å². The molecule has 170 valence electrons. The van der Waals surface area contributed by atoms with Crippen LogP contribution in [0, 0.1) is 10.1 Å². The average Bonchev–Trinajstić information content (AvgIpc) is 2.79. The largest absolute Gasteiger partial charge is 0.490 e. The zero-order chi connectivity index (χ0) is 23.8. The van der Waals surface area contributed by atoms with E-state index in [9.17, 15) is 14.9 Å². The van der Waals surface area contributed by atoms with Crippen molar-refractivity contribution in [3.63, 3.8) is 0 Å². The number of aromatic nitrogens is 1. The maximum atomic E-state index is 12.2. The molecule has 1 amide bonds. The van der Waals surface area contributed by atoms with Crippen LogP contribution in [0.1, 0.15) is 28.4 Å². The van der Waals surface area contributed by atoms with Crippen LogP contribution < -0.4 is 14.9 Å². The van der Waals surface area contributed by atoms with Crippen molar-refractivity contribution in [1.29, 1.82) is 0 Å². The summed E-state index contributed by atoms with van der Waals surface area (Å²) < 4.78 is 12.1. The summed E-state index contributed by atoms with van der Waals surface area (Å²) in [6, 6.07) is 12.8. The van der Waals surface area contributed by atoms with Gasteiger partial charge in [-0.05, 0) is 58.2 Å². The number of nitrogens with zero attached hydrogens (tertiary/aromatic N) is 3. The molecule has 9 nitrogen and oxygen atoms in total. The number of non-ortho nitro benzene ring substituents is 1. The second-order valence-electron chi connectivity index (χ2n) is 6.52. The minimum absolute atomic E-state index is 0.0126. The van der Waals surface area contributed by atoms with E-state index in [0.29, 0.717) is 33.7 Å². The maximum Gasteiger partial charge on any atom is 0.274 e.